The first-order valence-electron chi connectivity index (χ1n) is 9.18. The van der Waals surface area contributed by atoms with Gasteiger partial charge in [-0.15, -0.1) is 0 Å². The summed E-state index contributed by atoms with van der Waals surface area (Å²) in [5.74, 6) is -0.706. The lowest BCUT2D eigenvalue weighted by atomic mass is 10.0. The van der Waals surface area contributed by atoms with Crippen molar-refractivity contribution in [3.8, 4) is 0 Å². The van der Waals surface area contributed by atoms with Crippen LogP contribution in [0.4, 0.5) is 17.1 Å². The highest BCUT2D eigenvalue weighted by atomic mass is 16.5. The lowest BCUT2D eigenvalue weighted by molar-refractivity contribution is 0.0601. The van der Waals surface area contributed by atoms with Crippen LogP contribution in [0.15, 0.2) is 54.7 Å². The predicted octanol–water partition coefficient (Wildman–Crippen LogP) is 4.79. The molecule has 0 saturated carbocycles. The Morgan fingerprint density at radius 3 is 2.28 bits per heavy atom. The van der Waals surface area contributed by atoms with E-state index in [0.717, 1.165) is 22.4 Å². The van der Waals surface area contributed by atoms with E-state index in [9.17, 15) is 9.59 Å². The molecule has 1 aromatic heterocycles. The molecule has 6 nitrogen and oxygen atoms in total. The van der Waals surface area contributed by atoms with Crippen molar-refractivity contribution >= 4 is 28.9 Å². The third-order valence-corrected chi connectivity index (χ3v) is 4.52. The van der Waals surface area contributed by atoms with Gasteiger partial charge in [0.1, 0.15) is 5.69 Å². The Kier molecular flexibility index (Phi) is 5.93. The van der Waals surface area contributed by atoms with Gasteiger partial charge in [-0.05, 0) is 56.2 Å². The number of carbonyl (C=O) groups is 2. The van der Waals surface area contributed by atoms with Crippen LogP contribution in [0.2, 0.25) is 0 Å². The lowest BCUT2D eigenvalue weighted by Crippen LogP contribution is -2.15. The van der Waals surface area contributed by atoms with Gasteiger partial charge in [0, 0.05) is 5.69 Å². The maximum absolute atomic E-state index is 12.6. The van der Waals surface area contributed by atoms with Gasteiger partial charge in [-0.3, -0.25) is 4.79 Å². The SMILES string of the molecule is COC(=O)c1ccccc1Nc1ccc(C(=O)Nc2c(C)cc(C)cc2C)nc1. The number of aromatic nitrogens is 1. The average Bonchev–Trinajstić information content (AvgIpc) is 2.71. The number of benzene rings is 2. The van der Waals surface area contributed by atoms with Gasteiger partial charge in [-0.1, -0.05) is 29.8 Å². The van der Waals surface area contributed by atoms with Gasteiger partial charge < -0.3 is 15.4 Å². The van der Waals surface area contributed by atoms with Crippen LogP contribution in [-0.2, 0) is 4.74 Å². The van der Waals surface area contributed by atoms with Crippen LogP contribution >= 0.6 is 0 Å². The van der Waals surface area contributed by atoms with Crippen molar-refractivity contribution in [2.24, 2.45) is 0 Å². The molecular formula is C23H23N3O3. The molecule has 0 aliphatic carbocycles. The first-order chi connectivity index (χ1) is 13.9. The van der Waals surface area contributed by atoms with Crippen LogP contribution in [0.1, 0.15) is 37.5 Å². The van der Waals surface area contributed by atoms with Crippen molar-refractivity contribution in [2.75, 3.05) is 17.7 Å². The van der Waals surface area contributed by atoms with Crippen molar-refractivity contribution in [1.29, 1.82) is 0 Å². The molecule has 2 N–H and O–H groups in total. The van der Waals surface area contributed by atoms with Crippen LogP contribution in [0.25, 0.3) is 0 Å². The number of hydrogen-bond acceptors (Lipinski definition) is 5. The van der Waals surface area contributed by atoms with E-state index in [-0.39, 0.29) is 5.91 Å². The summed E-state index contributed by atoms with van der Waals surface area (Å²) in [5, 5.41) is 6.07. The minimum absolute atomic E-state index is 0.276. The van der Waals surface area contributed by atoms with Gasteiger partial charge in [0.15, 0.2) is 0 Å². The number of nitrogens with one attached hydrogen (secondary N) is 2. The highest BCUT2D eigenvalue weighted by molar-refractivity contribution is 6.04. The molecule has 1 heterocycles. The number of carbonyl (C=O) groups excluding carboxylic acids is 2. The van der Waals surface area contributed by atoms with Crippen LogP contribution in [-0.4, -0.2) is 24.0 Å². The first kappa shape index (κ1) is 20.1. The summed E-state index contributed by atoms with van der Waals surface area (Å²) < 4.78 is 4.80. The molecule has 1 amide bonds. The van der Waals surface area contributed by atoms with Gasteiger partial charge in [0.2, 0.25) is 0 Å². The zero-order chi connectivity index (χ0) is 21.0. The van der Waals surface area contributed by atoms with Gasteiger partial charge in [0.25, 0.3) is 5.91 Å². The topological polar surface area (TPSA) is 80.3 Å². The van der Waals surface area contributed by atoms with E-state index in [1.54, 1.807) is 36.5 Å². The fourth-order valence-corrected chi connectivity index (χ4v) is 3.19. The van der Waals surface area contributed by atoms with Crippen LogP contribution in [0, 0.1) is 20.8 Å². The lowest BCUT2D eigenvalue weighted by Gasteiger charge is -2.13. The summed E-state index contributed by atoms with van der Waals surface area (Å²) in [6, 6.07) is 14.5. The monoisotopic (exact) mass is 389 g/mol. The maximum atomic E-state index is 12.6. The molecule has 3 aromatic rings. The maximum Gasteiger partial charge on any atom is 0.339 e. The number of ether oxygens (including phenoxy) is 1. The summed E-state index contributed by atoms with van der Waals surface area (Å²) >= 11 is 0. The Morgan fingerprint density at radius 2 is 1.66 bits per heavy atom. The number of aryl methyl sites for hydroxylation is 3. The summed E-state index contributed by atoms with van der Waals surface area (Å²) in [7, 11) is 1.34. The van der Waals surface area contributed by atoms with Crippen molar-refractivity contribution < 1.29 is 14.3 Å². The number of pyridine rings is 1. The van der Waals surface area contributed by atoms with Gasteiger partial charge in [-0.2, -0.15) is 0 Å². The van der Waals surface area contributed by atoms with E-state index >= 15 is 0 Å². The summed E-state index contributed by atoms with van der Waals surface area (Å²) in [6.45, 7) is 5.96. The van der Waals surface area contributed by atoms with Gasteiger partial charge in [-0.25, -0.2) is 9.78 Å². The highest BCUT2D eigenvalue weighted by Crippen LogP contribution is 2.24. The van der Waals surface area contributed by atoms with E-state index in [2.05, 4.69) is 15.6 Å². The molecule has 3 rings (SSSR count). The molecule has 0 fully saturated rings. The number of nitrogens with zero attached hydrogens (tertiary/aromatic N) is 1. The Hall–Kier alpha value is -3.67. The number of para-hydroxylation sites is 1. The Labute approximate surface area is 169 Å². The largest absolute Gasteiger partial charge is 0.465 e. The minimum atomic E-state index is -0.430. The first-order valence-corrected chi connectivity index (χ1v) is 9.18. The standard InChI is InChI=1S/C23H23N3O3/c1-14-11-15(2)21(16(3)12-14)26-22(27)20-10-9-17(13-24-20)25-19-8-6-5-7-18(19)23(28)29-4/h5-13,25H,1-4H3,(H,26,27). The second-order valence-electron chi connectivity index (χ2n) is 6.82. The van der Waals surface area contributed by atoms with Crippen LogP contribution in [0.5, 0.6) is 0 Å². The summed E-state index contributed by atoms with van der Waals surface area (Å²) in [4.78, 5) is 28.7. The molecule has 0 bridgehead atoms. The van der Waals surface area contributed by atoms with E-state index in [1.165, 1.54) is 7.11 Å². The minimum Gasteiger partial charge on any atom is -0.465 e. The molecule has 0 radical (unpaired) electrons. The molecular weight excluding hydrogens is 366 g/mol. The van der Waals surface area contributed by atoms with Crippen LogP contribution in [0.3, 0.4) is 0 Å². The molecule has 0 spiro atoms. The molecule has 0 aliphatic rings. The number of amides is 1. The van der Waals surface area contributed by atoms with E-state index in [4.69, 9.17) is 4.74 Å². The molecule has 6 heteroatoms. The number of methoxy groups -OCH3 is 1. The molecule has 0 atom stereocenters. The summed E-state index contributed by atoms with van der Waals surface area (Å²) in [5.41, 5.74) is 5.95. The fraction of sp³-hybridized carbons (Fsp3) is 0.174. The zero-order valence-corrected chi connectivity index (χ0v) is 16.9. The Morgan fingerprint density at radius 1 is 0.966 bits per heavy atom. The fourth-order valence-electron chi connectivity index (χ4n) is 3.19. The highest BCUT2D eigenvalue weighted by Gasteiger charge is 2.13. The van der Waals surface area contributed by atoms with Crippen molar-refractivity contribution in [1.82, 2.24) is 4.98 Å². The van der Waals surface area contributed by atoms with Gasteiger partial charge >= 0.3 is 5.97 Å². The van der Waals surface area contributed by atoms with Crippen LogP contribution < -0.4 is 10.6 Å². The van der Waals surface area contributed by atoms with Gasteiger partial charge in [0.05, 0.1) is 30.2 Å². The molecule has 29 heavy (non-hydrogen) atoms. The van der Waals surface area contributed by atoms with Crippen molar-refractivity contribution in [3.63, 3.8) is 0 Å². The van der Waals surface area contributed by atoms with Crippen molar-refractivity contribution in [3.05, 3.63) is 82.7 Å². The molecule has 0 aliphatic heterocycles. The average molecular weight is 389 g/mol. The number of hydrogen-bond donors (Lipinski definition) is 2. The summed E-state index contributed by atoms with van der Waals surface area (Å²) in [6.07, 6.45) is 1.55. The third-order valence-electron chi connectivity index (χ3n) is 4.52. The Balaban J connectivity index is 1.76. The quantitative estimate of drug-likeness (QED) is 0.613. The zero-order valence-electron chi connectivity index (χ0n) is 16.9. The molecule has 2 aromatic carbocycles. The van der Waals surface area contributed by atoms with E-state index < -0.39 is 5.97 Å². The molecule has 148 valence electrons. The number of anilines is 3. The Bertz CT molecular complexity index is 1040. The smallest absolute Gasteiger partial charge is 0.339 e. The predicted molar refractivity (Wildman–Crippen MR) is 114 cm³/mol. The normalized spacial score (nSPS) is 10.3. The molecule has 0 unspecified atom stereocenters. The van der Waals surface area contributed by atoms with Crippen molar-refractivity contribution in [2.45, 2.75) is 20.8 Å². The van der Waals surface area contributed by atoms with E-state index in [0.29, 0.717) is 22.6 Å². The van der Waals surface area contributed by atoms with E-state index in [1.807, 2.05) is 39.0 Å². The number of rotatable bonds is 5. The second kappa shape index (κ2) is 8.56. The number of esters is 1. The second-order valence-corrected chi connectivity index (χ2v) is 6.82. The third kappa shape index (κ3) is 4.60. The molecule has 0 saturated heterocycles.